The average Bonchev–Trinajstić information content (AvgIpc) is 2.49. The Bertz CT molecular complexity index is 401. The van der Waals surface area contributed by atoms with Gasteiger partial charge in [0.15, 0.2) is 0 Å². The van der Waals surface area contributed by atoms with Gasteiger partial charge in [0.05, 0.1) is 11.4 Å². The molecule has 0 aliphatic carbocycles. The molecule has 90 valence electrons. The minimum atomic E-state index is -1.43. The molecule has 16 heavy (non-hydrogen) atoms. The van der Waals surface area contributed by atoms with Crippen LogP contribution in [0.5, 0.6) is 0 Å². The van der Waals surface area contributed by atoms with E-state index in [2.05, 4.69) is 5.10 Å². The van der Waals surface area contributed by atoms with Crippen molar-refractivity contribution < 1.29 is 14.1 Å². The standard InChI is InChI=1S/C10H16N2O3S/c1-7(2)9(10(13)14)16(15)6-8-4-5-12(3)11-8/h4-5,7,9H,6H2,1-3H3,(H,13,14). The van der Waals surface area contributed by atoms with Crippen LogP contribution in [-0.4, -0.2) is 30.3 Å². The third-order valence-corrected chi connectivity index (χ3v) is 4.08. The van der Waals surface area contributed by atoms with E-state index in [0.717, 1.165) is 0 Å². The topological polar surface area (TPSA) is 72.2 Å². The Morgan fingerprint density at radius 3 is 2.62 bits per heavy atom. The van der Waals surface area contributed by atoms with E-state index in [-0.39, 0.29) is 11.7 Å². The highest BCUT2D eigenvalue weighted by molar-refractivity contribution is 7.85. The van der Waals surface area contributed by atoms with Crippen LogP contribution in [0.1, 0.15) is 19.5 Å². The van der Waals surface area contributed by atoms with Gasteiger partial charge in [0.2, 0.25) is 0 Å². The number of hydrogen-bond acceptors (Lipinski definition) is 3. The summed E-state index contributed by atoms with van der Waals surface area (Å²) in [7, 11) is 0.336. The summed E-state index contributed by atoms with van der Waals surface area (Å²) in [6.45, 7) is 3.52. The van der Waals surface area contributed by atoms with E-state index < -0.39 is 22.0 Å². The Morgan fingerprint density at radius 2 is 2.25 bits per heavy atom. The minimum Gasteiger partial charge on any atom is -0.480 e. The molecule has 1 aromatic heterocycles. The largest absolute Gasteiger partial charge is 0.480 e. The highest BCUT2D eigenvalue weighted by Crippen LogP contribution is 2.13. The molecule has 0 saturated carbocycles. The molecule has 0 aliphatic rings. The summed E-state index contributed by atoms with van der Waals surface area (Å²) >= 11 is 0. The summed E-state index contributed by atoms with van der Waals surface area (Å²) in [5, 5.41) is 12.2. The number of aromatic nitrogens is 2. The number of carbonyl (C=O) groups is 1. The lowest BCUT2D eigenvalue weighted by Crippen LogP contribution is -2.31. The van der Waals surface area contributed by atoms with Gasteiger partial charge in [0.25, 0.3) is 0 Å². The van der Waals surface area contributed by atoms with Gasteiger partial charge in [-0.05, 0) is 12.0 Å². The van der Waals surface area contributed by atoms with Crippen molar-refractivity contribution in [1.29, 1.82) is 0 Å². The molecule has 1 heterocycles. The summed E-state index contributed by atoms with van der Waals surface area (Å²) in [5.74, 6) is -0.970. The van der Waals surface area contributed by atoms with Gasteiger partial charge in [-0.15, -0.1) is 0 Å². The Balaban J connectivity index is 2.73. The van der Waals surface area contributed by atoms with Crippen LogP contribution in [0.15, 0.2) is 12.3 Å². The second kappa shape index (κ2) is 5.25. The van der Waals surface area contributed by atoms with Crippen molar-refractivity contribution in [3.05, 3.63) is 18.0 Å². The first-order chi connectivity index (χ1) is 7.41. The molecule has 1 rings (SSSR count). The molecule has 0 fully saturated rings. The maximum absolute atomic E-state index is 11.9. The lowest BCUT2D eigenvalue weighted by Gasteiger charge is -2.14. The van der Waals surface area contributed by atoms with Crippen molar-refractivity contribution >= 4 is 16.8 Å². The molecule has 0 aromatic carbocycles. The Hall–Kier alpha value is -1.17. The van der Waals surface area contributed by atoms with Crippen LogP contribution in [0, 0.1) is 5.92 Å². The number of aryl methyl sites for hydroxylation is 1. The Kier molecular flexibility index (Phi) is 4.23. The zero-order chi connectivity index (χ0) is 12.3. The van der Waals surface area contributed by atoms with Gasteiger partial charge < -0.3 is 5.11 Å². The predicted octanol–water partition coefficient (Wildman–Crippen LogP) is 0.778. The molecule has 0 radical (unpaired) electrons. The van der Waals surface area contributed by atoms with Gasteiger partial charge in [0, 0.05) is 24.0 Å². The van der Waals surface area contributed by atoms with Crippen LogP contribution in [0.2, 0.25) is 0 Å². The number of rotatable bonds is 5. The number of carboxylic acids is 1. The molecule has 1 aromatic rings. The van der Waals surface area contributed by atoms with Crippen molar-refractivity contribution in [3.63, 3.8) is 0 Å². The van der Waals surface area contributed by atoms with Crippen LogP contribution in [-0.2, 0) is 28.4 Å². The first kappa shape index (κ1) is 12.9. The quantitative estimate of drug-likeness (QED) is 0.830. The van der Waals surface area contributed by atoms with E-state index in [1.165, 1.54) is 0 Å². The van der Waals surface area contributed by atoms with Gasteiger partial charge in [-0.2, -0.15) is 5.10 Å². The minimum absolute atomic E-state index is 0.151. The van der Waals surface area contributed by atoms with Crippen molar-refractivity contribution in [2.24, 2.45) is 13.0 Å². The van der Waals surface area contributed by atoms with Gasteiger partial charge in [-0.3, -0.25) is 13.7 Å². The molecular formula is C10H16N2O3S. The SMILES string of the molecule is CC(C)C(C(=O)O)S(=O)Cc1ccn(C)n1. The summed E-state index contributed by atoms with van der Waals surface area (Å²) in [6.07, 6.45) is 1.75. The molecular weight excluding hydrogens is 228 g/mol. The summed E-state index contributed by atoms with van der Waals surface area (Å²) in [6, 6.07) is 1.75. The average molecular weight is 244 g/mol. The lowest BCUT2D eigenvalue weighted by molar-refractivity contribution is -0.137. The lowest BCUT2D eigenvalue weighted by atomic mass is 10.1. The number of nitrogens with zero attached hydrogens (tertiary/aromatic N) is 2. The summed E-state index contributed by atoms with van der Waals surface area (Å²) in [5.41, 5.74) is 0.660. The molecule has 5 nitrogen and oxygen atoms in total. The van der Waals surface area contributed by atoms with Crippen molar-refractivity contribution in [1.82, 2.24) is 9.78 Å². The maximum atomic E-state index is 11.9. The normalized spacial score (nSPS) is 15.0. The second-order valence-electron chi connectivity index (χ2n) is 4.01. The fourth-order valence-electron chi connectivity index (χ4n) is 1.48. The highest BCUT2D eigenvalue weighted by Gasteiger charge is 2.28. The Labute approximate surface area is 96.9 Å². The van der Waals surface area contributed by atoms with Gasteiger partial charge >= 0.3 is 5.97 Å². The fourth-order valence-corrected chi connectivity index (χ4v) is 2.93. The molecule has 6 heteroatoms. The van der Waals surface area contributed by atoms with Crippen LogP contribution < -0.4 is 0 Å². The first-order valence-corrected chi connectivity index (χ1v) is 6.38. The van der Waals surface area contributed by atoms with Crippen LogP contribution in [0.25, 0.3) is 0 Å². The second-order valence-corrected chi connectivity index (χ2v) is 5.57. The number of carboxylic acid groups (broad SMARTS) is 1. The van der Waals surface area contributed by atoms with Gasteiger partial charge in [-0.25, -0.2) is 0 Å². The highest BCUT2D eigenvalue weighted by atomic mass is 32.2. The molecule has 0 bridgehead atoms. The summed E-state index contributed by atoms with van der Waals surface area (Å²) in [4.78, 5) is 11.0. The molecule has 2 atom stereocenters. The third-order valence-electron chi connectivity index (χ3n) is 2.19. The third kappa shape index (κ3) is 3.16. The van der Waals surface area contributed by atoms with Crippen molar-refractivity contribution in [3.8, 4) is 0 Å². The predicted molar refractivity (Wildman–Crippen MR) is 61.3 cm³/mol. The van der Waals surface area contributed by atoms with E-state index in [9.17, 15) is 9.00 Å². The number of aliphatic carboxylic acids is 1. The van der Waals surface area contributed by atoms with Gasteiger partial charge in [-0.1, -0.05) is 13.8 Å². The van der Waals surface area contributed by atoms with Crippen LogP contribution in [0.4, 0.5) is 0 Å². The van der Waals surface area contributed by atoms with Crippen molar-refractivity contribution in [2.45, 2.75) is 24.9 Å². The molecule has 0 aliphatic heterocycles. The van der Waals surface area contributed by atoms with E-state index in [1.807, 2.05) is 0 Å². The van der Waals surface area contributed by atoms with E-state index in [1.54, 1.807) is 37.8 Å². The summed E-state index contributed by atoms with van der Waals surface area (Å²) < 4.78 is 13.5. The van der Waals surface area contributed by atoms with E-state index in [4.69, 9.17) is 5.11 Å². The maximum Gasteiger partial charge on any atom is 0.319 e. The van der Waals surface area contributed by atoms with E-state index in [0.29, 0.717) is 5.69 Å². The zero-order valence-corrected chi connectivity index (χ0v) is 10.4. The zero-order valence-electron chi connectivity index (χ0n) is 9.58. The van der Waals surface area contributed by atoms with Crippen LogP contribution >= 0.6 is 0 Å². The molecule has 1 N–H and O–H groups in total. The van der Waals surface area contributed by atoms with Crippen molar-refractivity contribution in [2.75, 3.05) is 0 Å². The molecule has 0 spiro atoms. The molecule has 0 saturated heterocycles. The smallest absolute Gasteiger partial charge is 0.319 e. The van der Waals surface area contributed by atoms with E-state index >= 15 is 0 Å². The molecule has 2 unspecified atom stereocenters. The van der Waals surface area contributed by atoms with Crippen LogP contribution in [0.3, 0.4) is 0 Å². The Morgan fingerprint density at radius 1 is 1.62 bits per heavy atom. The number of hydrogen-bond donors (Lipinski definition) is 1. The monoisotopic (exact) mass is 244 g/mol. The fraction of sp³-hybridized carbons (Fsp3) is 0.600. The first-order valence-electron chi connectivity index (χ1n) is 5.00. The molecule has 0 amide bonds. The van der Waals surface area contributed by atoms with Gasteiger partial charge in [0.1, 0.15) is 5.25 Å².